The van der Waals surface area contributed by atoms with E-state index < -0.39 is 35.1 Å². The van der Waals surface area contributed by atoms with Gasteiger partial charge in [-0.3, -0.25) is 4.79 Å². The van der Waals surface area contributed by atoms with E-state index in [0.717, 1.165) is 17.7 Å². The second kappa shape index (κ2) is 8.01. The predicted octanol–water partition coefficient (Wildman–Crippen LogP) is 3.25. The molecule has 0 aliphatic heterocycles. The molecule has 1 amide bonds. The monoisotopic (exact) mass is 331 g/mol. The summed E-state index contributed by atoms with van der Waals surface area (Å²) < 4.78 is 26.4. The van der Waals surface area contributed by atoms with Crippen LogP contribution in [0.1, 0.15) is 22.3 Å². The Bertz CT molecular complexity index is 760. The number of carboxylic acid groups (broad SMARTS) is 1. The van der Waals surface area contributed by atoms with Crippen LogP contribution < -0.4 is 5.32 Å². The van der Waals surface area contributed by atoms with Gasteiger partial charge in [-0.05, 0) is 24.1 Å². The maximum atomic E-state index is 13.6. The van der Waals surface area contributed by atoms with Crippen LogP contribution in [-0.2, 0) is 4.79 Å². The predicted molar refractivity (Wildman–Crippen MR) is 85.3 cm³/mol. The Balaban J connectivity index is 2.04. The van der Waals surface area contributed by atoms with Crippen molar-refractivity contribution in [3.8, 4) is 0 Å². The zero-order valence-electron chi connectivity index (χ0n) is 12.6. The Morgan fingerprint density at radius 3 is 2.46 bits per heavy atom. The molecular formula is C18H15F2NO3. The van der Waals surface area contributed by atoms with Crippen LogP contribution in [0.15, 0.2) is 54.6 Å². The van der Waals surface area contributed by atoms with Gasteiger partial charge in [-0.25, -0.2) is 13.6 Å². The highest BCUT2D eigenvalue weighted by molar-refractivity contribution is 5.96. The number of benzene rings is 2. The van der Waals surface area contributed by atoms with Crippen LogP contribution in [-0.4, -0.2) is 23.0 Å². The average Bonchev–Trinajstić information content (AvgIpc) is 2.54. The van der Waals surface area contributed by atoms with Crippen molar-refractivity contribution in [1.82, 2.24) is 5.32 Å². The number of nitrogens with one attached hydrogen (secondary N) is 1. The Labute approximate surface area is 137 Å². The molecule has 2 rings (SSSR count). The van der Waals surface area contributed by atoms with E-state index in [9.17, 15) is 23.5 Å². The van der Waals surface area contributed by atoms with Gasteiger partial charge in [0.25, 0.3) is 5.91 Å². The van der Waals surface area contributed by atoms with Crippen LogP contribution in [0.3, 0.4) is 0 Å². The van der Waals surface area contributed by atoms with E-state index in [0.29, 0.717) is 6.07 Å². The minimum absolute atomic E-state index is 0.0266. The molecule has 0 aromatic heterocycles. The molecule has 0 unspecified atom stereocenters. The first-order valence-electron chi connectivity index (χ1n) is 7.17. The first-order valence-corrected chi connectivity index (χ1v) is 7.17. The van der Waals surface area contributed by atoms with Gasteiger partial charge in [-0.15, -0.1) is 0 Å². The number of aliphatic carboxylic acids is 1. The summed E-state index contributed by atoms with van der Waals surface area (Å²) in [6.45, 7) is 0. The minimum atomic E-state index is -1.25. The Morgan fingerprint density at radius 2 is 1.83 bits per heavy atom. The highest BCUT2D eigenvalue weighted by Gasteiger charge is 2.21. The van der Waals surface area contributed by atoms with E-state index >= 15 is 0 Å². The maximum absolute atomic E-state index is 13.6. The van der Waals surface area contributed by atoms with E-state index in [1.165, 1.54) is 0 Å². The lowest BCUT2D eigenvalue weighted by atomic mass is 10.1. The van der Waals surface area contributed by atoms with Gasteiger partial charge in [-0.2, -0.15) is 0 Å². The molecule has 0 bridgehead atoms. The summed E-state index contributed by atoms with van der Waals surface area (Å²) in [7, 11) is 0. The summed E-state index contributed by atoms with van der Waals surface area (Å²) in [5.74, 6) is -4.02. The SMILES string of the molecule is O=C(N[C@H](C/C=C/c1ccccc1)C(=O)O)c1ccc(F)cc1F. The van der Waals surface area contributed by atoms with E-state index in [1.807, 2.05) is 30.3 Å². The third-order valence-electron chi connectivity index (χ3n) is 3.26. The number of amides is 1. The molecule has 0 fully saturated rings. The van der Waals surface area contributed by atoms with Gasteiger partial charge in [-0.1, -0.05) is 42.5 Å². The molecule has 0 radical (unpaired) electrons. The van der Waals surface area contributed by atoms with Gasteiger partial charge >= 0.3 is 5.97 Å². The van der Waals surface area contributed by atoms with Crippen LogP contribution in [0, 0.1) is 11.6 Å². The lowest BCUT2D eigenvalue weighted by Gasteiger charge is -2.13. The maximum Gasteiger partial charge on any atom is 0.326 e. The van der Waals surface area contributed by atoms with Crippen molar-refractivity contribution in [2.24, 2.45) is 0 Å². The van der Waals surface area contributed by atoms with E-state index in [2.05, 4.69) is 5.32 Å². The molecule has 0 heterocycles. The quantitative estimate of drug-likeness (QED) is 0.854. The highest BCUT2D eigenvalue weighted by Crippen LogP contribution is 2.10. The van der Waals surface area contributed by atoms with Gasteiger partial charge in [0.2, 0.25) is 0 Å². The number of rotatable bonds is 6. The standard InChI is InChI=1S/C18H15F2NO3/c19-13-9-10-14(15(20)11-13)17(22)21-16(18(23)24)8-4-7-12-5-2-1-3-6-12/h1-7,9-11,16H,8H2,(H,21,22)(H,23,24)/b7-4+/t16-/m1/s1. The van der Waals surface area contributed by atoms with E-state index in [1.54, 1.807) is 12.2 Å². The molecule has 0 aliphatic rings. The van der Waals surface area contributed by atoms with Gasteiger partial charge in [0.05, 0.1) is 5.56 Å². The number of carbonyl (C=O) groups excluding carboxylic acids is 1. The van der Waals surface area contributed by atoms with E-state index in [-0.39, 0.29) is 6.42 Å². The summed E-state index contributed by atoms with van der Waals surface area (Å²) in [4.78, 5) is 23.2. The zero-order chi connectivity index (χ0) is 17.5. The molecule has 0 saturated carbocycles. The number of carboxylic acids is 1. The van der Waals surface area contributed by atoms with Crippen molar-refractivity contribution < 1.29 is 23.5 Å². The molecule has 2 aromatic rings. The number of carbonyl (C=O) groups is 2. The number of hydrogen-bond acceptors (Lipinski definition) is 2. The molecule has 2 aromatic carbocycles. The normalized spacial score (nSPS) is 12.1. The van der Waals surface area contributed by atoms with Crippen LogP contribution in [0.5, 0.6) is 0 Å². The number of halogens is 2. The molecule has 6 heteroatoms. The summed E-state index contributed by atoms with van der Waals surface area (Å²) in [6.07, 6.45) is 3.36. The van der Waals surface area contributed by atoms with Crippen LogP contribution in [0.2, 0.25) is 0 Å². The van der Waals surface area contributed by atoms with Gasteiger partial charge in [0, 0.05) is 6.07 Å². The largest absolute Gasteiger partial charge is 0.480 e. The first-order chi connectivity index (χ1) is 11.5. The fourth-order valence-electron chi connectivity index (χ4n) is 2.04. The number of hydrogen-bond donors (Lipinski definition) is 2. The van der Waals surface area contributed by atoms with Gasteiger partial charge < -0.3 is 10.4 Å². The van der Waals surface area contributed by atoms with Gasteiger partial charge in [0.1, 0.15) is 17.7 Å². The molecule has 1 atom stereocenters. The molecule has 2 N–H and O–H groups in total. The van der Waals surface area contributed by atoms with Crippen LogP contribution in [0.25, 0.3) is 6.08 Å². The van der Waals surface area contributed by atoms with Crippen molar-refractivity contribution >= 4 is 18.0 Å². The van der Waals surface area contributed by atoms with Crippen LogP contribution in [0.4, 0.5) is 8.78 Å². The molecule has 0 spiro atoms. The summed E-state index contributed by atoms with van der Waals surface area (Å²) in [5, 5.41) is 11.4. The molecule has 0 aliphatic carbocycles. The van der Waals surface area contributed by atoms with Crippen molar-refractivity contribution in [3.63, 3.8) is 0 Å². The van der Waals surface area contributed by atoms with Crippen LogP contribution >= 0.6 is 0 Å². The van der Waals surface area contributed by atoms with Crippen molar-refractivity contribution in [2.75, 3.05) is 0 Å². The topological polar surface area (TPSA) is 66.4 Å². The Morgan fingerprint density at radius 1 is 1.12 bits per heavy atom. The van der Waals surface area contributed by atoms with Crippen molar-refractivity contribution in [2.45, 2.75) is 12.5 Å². The van der Waals surface area contributed by atoms with Crippen molar-refractivity contribution in [1.29, 1.82) is 0 Å². The van der Waals surface area contributed by atoms with E-state index in [4.69, 9.17) is 0 Å². The Kier molecular flexibility index (Phi) is 5.78. The lowest BCUT2D eigenvalue weighted by Crippen LogP contribution is -2.40. The van der Waals surface area contributed by atoms with Gasteiger partial charge in [0.15, 0.2) is 0 Å². The smallest absolute Gasteiger partial charge is 0.326 e. The highest BCUT2D eigenvalue weighted by atomic mass is 19.1. The second-order valence-corrected chi connectivity index (χ2v) is 5.04. The third kappa shape index (κ3) is 4.74. The summed E-state index contributed by atoms with van der Waals surface area (Å²) in [5.41, 5.74) is 0.479. The van der Waals surface area contributed by atoms with Crippen molar-refractivity contribution in [3.05, 3.63) is 77.4 Å². The third-order valence-corrected chi connectivity index (χ3v) is 3.26. The fourth-order valence-corrected chi connectivity index (χ4v) is 2.04. The second-order valence-electron chi connectivity index (χ2n) is 5.04. The molecular weight excluding hydrogens is 316 g/mol. The fraction of sp³-hybridized carbons (Fsp3) is 0.111. The summed E-state index contributed by atoms with van der Waals surface area (Å²) >= 11 is 0. The first kappa shape index (κ1) is 17.3. The lowest BCUT2D eigenvalue weighted by molar-refractivity contribution is -0.139. The average molecular weight is 331 g/mol. The molecule has 24 heavy (non-hydrogen) atoms. The zero-order valence-corrected chi connectivity index (χ0v) is 12.6. The molecule has 0 saturated heterocycles. The molecule has 124 valence electrons. The Hall–Kier alpha value is -3.02. The minimum Gasteiger partial charge on any atom is -0.480 e. The molecule has 4 nitrogen and oxygen atoms in total. The summed E-state index contributed by atoms with van der Waals surface area (Å²) in [6, 6.07) is 10.5.